The van der Waals surface area contributed by atoms with Crippen LogP contribution in [-0.2, 0) is 18.1 Å². The molecule has 10 heteroatoms. The number of halogens is 6. The number of anilines is 1. The number of furan rings is 1. The molecule has 0 radical (unpaired) electrons. The second-order valence-corrected chi connectivity index (χ2v) is 7.71. The Morgan fingerprint density at radius 3 is 2.44 bits per heavy atom. The van der Waals surface area contributed by atoms with Crippen LogP contribution >= 0.6 is 0 Å². The van der Waals surface area contributed by atoms with Gasteiger partial charge in [0.1, 0.15) is 23.9 Å². The molecule has 0 amide bonds. The van der Waals surface area contributed by atoms with Crippen LogP contribution in [0, 0.1) is 0 Å². The van der Waals surface area contributed by atoms with Crippen molar-refractivity contribution >= 4 is 5.69 Å². The fraction of sp³-hybridized carbons (Fsp3) is 0.273. The monoisotopic (exact) mass is 455 g/mol. The van der Waals surface area contributed by atoms with E-state index in [2.05, 4.69) is 4.74 Å². The van der Waals surface area contributed by atoms with E-state index in [0.29, 0.717) is 12.1 Å². The van der Waals surface area contributed by atoms with Gasteiger partial charge < -0.3 is 18.8 Å². The molecule has 0 N–H and O–H groups in total. The first-order valence-electron chi connectivity index (χ1n) is 9.59. The third-order valence-electron chi connectivity index (χ3n) is 5.69. The molecule has 0 saturated carbocycles. The lowest BCUT2D eigenvalue weighted by Crippen LogP contribution is -2.35. The zero-order chi connectivity index (χ0) is 22.7. The van der Waals surface area contributed by atoms with E-state index >= 15 is 0 Å². The van der Waals surface area contributed by atoms with Crippen molar-refractivity contribution in [3.8, 4) is 11.5 Å². The Bertz CT molecular complexity index is 1170. The minimum absolute atomic E-state index is 0.0967. The van der Waals surface area contributed by atoms with Crippen molar-refractivity contribution in [2.45, 2.75) is 24.5 Å². The number of ether oxygens (including phenoxy) is 2. The molecule has 168 valence electrons. The summed E-state index contributed by atoms with van der Waals surface area (Å²) in [4.78, 5) is 1.88. The molecule has 0 saturated heterocycles. The summed E-state index contributed by atoms with van der Waals surface area (Å²) >= 11 is 0. The Kier molecular flexibility index (Phi) is 4.41. The van der Waals surface area contributed by atoms with Gasteiger partial charge in [0.05, 0.1) is 12.0 Å². The molecule has 1 spiro atoms. The Hall–Kier alpha value is -3.30. The number of fused-ring (bicyclic) bond motifs is 4. The lowest BCUT2D eigenvalue weighted by atomic mass is 9.78. The van der Waals surface area contributed by atoms with Crippen LogP contribution in [0.4, 0.5) is 32.0 Å². The topological polar surface area (TPSA) is 34.8 Å². The van der Waals surface area contributed by atoms with Gasteiger partial charge in [-0.3, -0.25) is 0 Å². The highest BCUT2D eigenvalue weighted by Crippen LogP contribution is 2.52. The smallest absolute Gasteiger partial charge is 0.492 e. The largest absolute Gasteiger partial charge is 0.573 e. The van der Waals surface area contributed by atoms with E-state index < -0.39 is 23.7 Å². The van der Waals surface area contributed by atoms with Gasteiger partial charge in [0.25, 0.3) is 0 Å². The minimum atomic E-state index is -4.82. The van der Waals surface area contributed by atoms with E-state index in [0.717, 1.165) is 17.3 Å². The lowest BCUT2D eigenvalue weighted by molar-refractivity contribution is -0.274. The van der Waals surface area contributed by atoms with Crippen molar-refractivity contribution in [1.82, 2.24) is 0 Å². The molecule has 0 fully saturated rings. The Labute approximate surface area is 177 Å². The number of hydrogen-bond acceptors (Lipinski definition) is 4. The van der Waals surface area contributed by atoms with Crippen molar-refractivity contribution in [2.24, 2.45) is 0 Å². The summed E-state index contributed by atoms with van der Waals surface area (Å²) in [5.74, 6) is -1.02. The van der Waals surface area contributed by atoms with Crippen LogP contribution < -0.4 is 14.4 Å². The molecular formula is C22H15F6NO3. The summed E-state index contributed by atoms with van der Waals surface area (Å²) in [5, 5.41) is 0. The van der Waals surface area contributed by atoms with Crippen LogP contribution in [0.2, 0.25) is 0 Å². The Balaban J connectivity index is 1.48. The van der Waals surface area contributed by atoms with Crippen molar-refractivity contribution in [1.29, 1.82) is 0 Å². The Morgan fingerprint density at radius 1 is 0.938 bits per heavy atom. The van der Waals surface area contributed by atoms with E-state index in [9.17, 15) is 26.3 Å². The van der Waals surface area contributed by atoms with Gasteiger partial charge in [0.15, 0.2) is 0 Å². The molecule has 5 rings (SSSR count). The van der Waals surface area contributed by atoms with Crippen molar-refractivity contribution in [2.75, 3.05) is 18.1 Å². The number of alkyl halides is 6. The molecule has 1 aromatic heterocycles. The maximum atomic E-state index is 12.9. The second kappa shape index (κ2) is 6.85. The molecule has 0 aliphatic carbocycles. The average Bonchev–Trinajstić information content (AvgIpc) is 3.39. The fourth-order valence-electron chi connectivity index (χ4n) is 4.44. The maximum absolute atomic E-state index is 12.9. The predicted octanol–water partition coefficient (Wildman–Crippen LogP) is 5.90. The first-order valence-corrected chi connectivity index (χ1v) is 9.59. The second-order valence-electron chi connectivity index (χ2n) is 7.71. The van der Waals surface area contributed by atoms with Crippen LogP contribution in [-0.4, -0.2) is 19.5 Å². The summed E-state index contributed by atoms with van der Waals surface area (Å²) in [6, 6.07) is 13.5. The molecule has 32 heavy (non-hydrogen) atoms. The number of para-hydroxylation sites is 1. The van der Waals surface area contributed by atoms with Crippen LogP contribution in [0.15, 0.2) is 59.0 Å². The molecule has 0 bridgehead atoms. The van der Waals surface area contributed by atoms with Gasteiger partial charge in [-0.15, -0.1) is 13.2 Å². The number of benzene rings is 2. The molecule has 3 aromatic rings. The Morgan fingerprint density at radius 2 is 1.72 bits per heavy atom. The van der Waals surface area contributed by atoms with Gasteiger partial charge >= 0.3 is 12.5 Å². The molecule has 4 nitrogen and oxygen atoms in total. The summed E-state index contributed by atoms with van der Waals surface area (Å²) < 4.78 is 91.1. The third kappa shape index (κ3) is 3.43. The third-order valence-corrected chi connectivity index (χ3v) is 5.69. The first-order chi connectivity index (χ1) is 15.1. The van der Waals surface area contributed by atoms with E-state index in [4.69, 9.17) is 9.15 Å². The molecule has 1 atom stereocenters. The zero-order valence-corrected chi connectivity index (χ0v) is 16.3. The summed E-state index contributed by atoms with van der Waals surface area (Å²) in [6.45, 7) is 0.636. The van der Waals surface area contributed by atoms with Gasteiger partial charge in [-0.1, -0.05) is 24.3 Å². The van der Waals surface area contributed by atoms with Gasteiger partial charge in [-0.05, 0) is 29.8 Å². The van der Waals surface area contributed by atoms with Crippen LogP contribution in [0.3, 0.4) is 0 Å². The highest BCUT2D eigenvalue weighted by molar-refractivity contribution is 5.69. The van der Waals surface area contributed by atoms with E-state index in [1.54, 1.807) is 6.07 Å². The van der Waals surface area contributed by atoms with Gasteiger partial charge in [0, 0.05) is 23.9 Å². The molecule has 1 unspecified atom stereocenters. The quantitative estimate of drug-likeness (QED) is 0.461. The van der Waals surface area contributed by atoms with Crippen LogP contribution in [0.1, 0.15) is 22.6 Å². The van der Waals surface area contributed by atoms with Crippen molar-refractivity contribution in [3.63, 3.8) is 0 Å². The summed E-state index contributed by atoms with van der Waals surface area (Å²) in [6.07, 6.45) is -9.39. The molecule has 2 aliphatic heterocycles. The number of rotatable bonds is 3. The van der Waals surface area contributed by atoms with Gasteiger partial charge in [0.2, 0.25) is 5.76 Å². The van der Waals surface area contributed by atoms with E-state index in [1.807, 2.05) is 29.2 Å². The minimum Gasteiger partial charge on any atom is -0.492 e. The predicted molar refractivity (Wildman–Crippen MR) is 101 cm³/mol. The van der Waals surface area contributed by atoms with E-state index in [1.165, 1.54) is 18.2 Å². The average molecular weight is 455 g/mol. The van der Waals surface area contributed by atoms with Gasteiger partial charge in [-0.2, -0.15) is 13.2 Å². The van der Waals surface area contributed by atoms with Crippen LogP contribution in [0.25, 0.3) is 0 Å². The van der Waals surface area contributed by atoms with Crippen molar-refractivity contribution in [3.05, 3.63) is 77.2 Å². The molecule has 3 heterocycles. The summed E-state index contributed by atoms with van der Waals surface area (Å²) in [7, 11) is 0. The van der Waals surface area contributed by atoms with Gasteiger partial charge in [-0.25, -0.2) is 0 Å². The SMILES string of the molecule is FC(F)(F)Oc1ccc2c(c1)OCC21CN(Cc2ccc(C(F)(F)F)o2)c2ccccc21. The zero-order valence-electron chi connectivity index (χ0n) is 16.3. The van der Waals surface area contributed by atoms with Crippen LogP contribution in [0.5, 0.6) is 11.5 Å². The number of hydrogen-bond donors (Lipinski definition) is 0. The highest BCUT2D eigenvalue weighted by atomic mass is 19.4. The van der Waals surface area contributed by atoms with E-state index in [-0.39, 0.29) is 30.4 Å². The molecule has 2 aliphatic rings. The normalized spacial score (nSPS) is 19.8. The molecule has 2 aromatic carbocycles. The fourth-order valence-corrected chi connectivity index (χ4v) is 4.44. The highest BCUT2D eigenvalue weighted by Gasteiger charge is 2.50. The summed E-state index contributed by atoms with van der Waals surface area (Å²) in [5.41, 5.74) is 1.69. The maximum Gasteiger partial charge on any atom is 0.573 e. The number of nitrogens with zero attached hydrogens (tertiary/aromatic N) is 1. The standard InChI is InChI=1S/C22H15F6NO3/c23-21(24,25)19-8-6-14(31-19)10-29-11-20(15-3-1-2-4-17(15)29)12-30-18-9-13(5-7-16(18)20)32-22(26,27)28/h1-9H,10-12H2. The molecular weight excluding hydrogens is 440 g/mol. The van der Waals surface area contributed by atoms with Crippen molar-refractivity contribution < 1.29 is 40.2 Å². The first kappa shape index (κ1) is 20.6. The lowest BCUT2D eigenvalue weighted by Gasteiger charge is -2.24.